The fourth-order valence-electron chi connectivity index (χ4n) is 1.49. The van der Waals surface area contributed by atoms with Crippen molar-refractivity contribution in [2.24, 2.45) is 5.92 Å². The number of hydrogen-bond donors (Lipinski definition) is 0. The quantitative estimate of drug-likeness (QED) is 0.617. The third-order valence-electron chi connectivity index (χ3n) is 2.04. The first kappa shape index (κ1) is 9.05. The number of hydrogen-bond acceptors (Lipinski definition) is 2. The van der Waals surface area contributed by atoms with E-state index in [0.717, 1.165) is 6.54 Å². The molecule has 1 aliphatic heterocycles. The van der Waals surface area contributed by atoms with Gasteiger partial charge in [0.1, 0.15) is 6.04 Å². The van der Waals surface area contributed by atoms with E-state index in [9.17, 15) is 4.79 Å². The fourth-order valence-corrected chi connectivity index (χ4v) is 1.49. The molecule has 0 N–H and O–H groups in total. The van der Waals surface area contributed by atoms with E-state index in [2.05, 4.69) is 19.9 Å². The van der Waals surface area contributed by atoms with Crippen molar-refractivity contribution >= 4 is 5.91 Å². The van der Waals surface area contributed by atoms with E-state index in [1.54, 1.807) is 4.90 Å². The number of amides is 1. The van der Waals surface area contributed by atoms with Crippen LogP contribution in [0.25, 0.3) is 0 Å². The second-order valence-electron chi connectivity index (χ2n) is 3.62. The lowest BCUT2D eigenvalue weighted by molar-refractivity contribution is -0.128. The Balaban J connectivity index is 2.59. The molecule has 1 saturated heterocycles. The topological polar surface area (TPSA) is 44.1 Å². The van der Waals surface area contributed by atoms with Crippen LogP contribution in [0.4, 0.5) is 0 Å². The third kappa shape index (κ3) is 1.76. The SMILES string of the molecule is CC(C)CN1C(=O)CC[C@H]1C#N. The van der Waals surface area contributed by atoms with Crippen molar-refractivity contribution < 1.29 is 4.79 Å². The molecule has 0 radical (unpaired) electrons. The van der Waals surface area contributed by atoms with Crippen molar-refractivity contribution in [2.75, 3.05) is 6.54 Å². The Morgan fingerprint density at radius 2 is 2.42 bits per heavy atom. The van der Waals surface area contributed by atoms with Gasteiger partial charge >= 0.3 is 0 Å². The molecule has 1 rings (SSSR count). The van der Waals surface area contributed by atoms with Crippen LogP contribution in [0.5, 0.6) is 0 Å². The number of nitriles is 1. The molecule has 1 amide bonds. The molecule has 1 aliphatic rings. The molecule has 1 atom stereocenters. The zero-order valence-corrected chi connectivity index (χ0v) is 7.58. The maximum atomic E-state index is 11.3. The number of carbonyl (C=O) groups excluding carboxylic acids is 1. The summed E-state index contributed by atoms with van der Waals surface area (Å²) >= 11 is 0. The first-order valence-electron chi connectivity index (χ1n) is 4.34. The molecule has 1 fully saturated rings. The zero-order chi connectivity index (χ0) is 9.14. The van der Waals surface area contributed by atoms with E-state index in [1.807, 2.05) is 0 Å². The van der Waals surface area contributed by atoms with E-state index in [-0.39, 0.29) is 11.9 Å². The van der Waals surface area contributed by atoms with Crippen LogP contribution in [0, 0.1) is 17.2 Å². The lowest BCUT2D eigenvalue weighted by atomic mass is 10.2. The van der Waals surface area contributed by atoms with Crippen LogP contribution in [-0.4, -0.2) is 23.4 Å². The van der Waals surface area contributed by atoms with Gasteiger partial charge in [-0.15, -0.1) is 0 Å². The number of carbonyl (C=O) groups is 1. The minimum atomic E-state index is -0.167. The number of likely N-dealkylation sites (tertiary alicyclic amines) is 1. The van der Waals surface area contributed by atoms with Crippen molar-refractivity contribution in [3.05, 3.63) is 0 Å². The molecule has 0 aromatic carbocycles. The predicted molar refractivity (Wildman–Crippen MR) is 45.2 cm³/mol. The van der Waals surface area contributed by atoms with Crippen molar-refractivity contribution in [2.45, 2.75) is 32.7 Å². The summed E-state index contributed by atoms with van der Waals surface area (Å²) < 4.78 is 0. The monoisotopic (exact) mass is 166 g/mol. The standard InChI is InChI=1S/C9H14N2O/c1-7(2)6-11-8(5-10)3-4-9(11)12/h7-8H,3-4,6H2,1-2H3/t8-/m0/s1. The summed E-state index contributed by atoms with van der Waals surface area (Å²) in [6.45, 7) is 4.83. The second kappa shape index (κ2) is 3.57. The van der Waals surface area contributed by atoms with Crippen molar-refractivity contribution in [1.29, 1.82) is 5.26 Å². The number of nitrogens with zero attached hydrogens (tertiary/aromatic N) is 2. The van der Waals surface area contributed by atoms with Gasteiger partial charge in [0, 0.05) is 13.0 Å². The highest BCUT2D eigenvalue weighted by atomic mass is 16.2. The van der Waals surface area contributed by atoms with E-state index in [0.29, 0.717) is 18.8 Å². The van der Waals surface area contributed by atoms with E-state index < -0.39 is 0 Å². The maximum Gasteiger partial charge on any atom is 0.223 e. The van der Waals surface area contributed by atoms with Crippen LogP contribution in [0.3, 0.4) is 0 Å². The molecule has 3 nitrogen and oxygen atoms in total. The Bertz CT molecular complexity index is 217. The molecular formula is C9H14N2O. The molecule has 0 bridgehead atoms. The van der Waals surface area contributed by atoms with Gasteiger partial charge in [-0.3, -0.25) is 4.79 Å². The van der Waals surface area contributed by atoms with Gasteiger partial charge < -0.3 is 4.90 Å². The molecule has 0 spiro atoms. The first-order chi connectivity index (χ1) is 5.65. The van der Waals surface area contributed by atoms with Crippen LogP contribution in [-0.2, 0) is 4.79 Å². The molecule has 12 heavy (non-hydrogen) atoms. The predicted octanol–water partition coefficient (Wildman–Crippen LogP) is 1.16. The summed E-state index contributed by atoms with van der Waals surface area (Å²) in [6, 6.07) is 1.99. The van der Waals surface area contributed by atoms with Gasteiger partial charge in [0.05, 0.1) is 6.07 Å². The minimum Gasteiger partial charge on any atom is -0.326 e. The van der Waals surface area contributed by atoms with E-state index in [1.165, 1.54) is 0 Å². The minimum absolute atomic E-state index is 0.134. The Labute approximate surface area is 73.0 Å². The summed E-state index contributed by atoms with van der Waals surface area (Å²) in [4.78, 5) is 13.0. The fraction of sp³-hybridized carbons (Fsp3) is 0.778. The van der Waals surface area contributed by atoms with E-state index in [4.69, 9.17) is 5.26 Å². The molecule has 1 heterocycles. The van der Waals surface area contributed by atoms with Crippen LogP contribution in [0.2, 0.25) is 0 Å². The molecule has 0 saturated carbocycles. The van der Waals surface area contributed by atoms with Gasteiger partial charge in [0.25, 0.3) is 0 Å². The maximum absolute atomic E-state index is 11.3. The largest absolute Gasteiger partial charge is 0.326 e. The summed E-state index contributed by atoms with van der Waals surface area (Å²) in [7, 11) is 0. The van der Waals surface area contributed by atoms with Crippen LogP contribution < -0.4 is 0 Å². The average Bonchev–Trinajstić information content (AvgIpc) is 2.32. The Morgan fingerprint density at radius 3 is 2.92 bits per heavy atom. The molecule has 0 unspecified atom stereocenters. The van der Waals surface area contributed by atoms with Gasteiger partial charge in [0.2, 0.25) is 5.91 Å². The molecule has 0 aromatic heterocycles. The van der Waals surface area contributed by atoms with Crippen LogP contribution >= 0.6 is 0 Å². The summed E-state index contributed by atoms with van der Waals surface area (Å²) in [5.74, 6) is 0.582. The van der Waals surface area contributed by atoms with Crippen LogP contribution in [0.1, 0.15) is 26.7 Å². The highest BCUT2D eigenvalue weighted by molar-refractivity contribution is 5.79. The molecule has 66 valence electrons. The Hall–Kier alpha value is -1.04. The van der Waals surface area contributed by atoms with Gasteiger partial charge in [0.15, 0.2) is 0 Å². The van der Waals surface area contributed by atoms with Crippen molar-refractivity contribution in [1.82, 2.24) is 4.90 Å². The Morgan fingerprint density at radius 1 is 1.75 bits per heavy atom. The van der Waals surface area contributed by atoms with Crippen molar-refractivity contribution in [3.63, 3.8) is 0 Å². The summed E-state index contributed by atoms with van der Waals surface area (Å²) in [5.41, 5.74) is 0. The lowest BCUT2D eigenvalue weighted by Gasteiger charge is -2.21. The van der Waals surface area contributed by atoms with Gasteiger partial charge in [-0.1, -0.05) is 13.8 Å². The normalized spacial score (nSPS) is 23.3. The third-order valence-corrected chi connectivity index (χ3v) is 2.04. The molecular weight excluding hydrogens is 152 g/mol. The zero-order valence-electron chi connectivity index (χ0n) is 7.58. The number of rotatable bonds is 2. The van der Waals surface area contributed by atoms with Gasteiger partial charge in [-0.25, -0.2) is 0 Å². The van der Waals surface area contributed by atoms with Gasteiger partial charge in [-0.2, -0.15) is 5.26 Å². The molecule has 0 aromatic rings. The smallest absolute Gasteiger partial charge is 0.223 e. The molecule has 0 aliphatic carbocycles. The van der Waals surface area contributed by atoms with Crippen molar-refractivity contribution in [3.8, 4) is 6.07 Å². The molecule has 3 heteroatoms. The Kier molecular flexibility index (Phi) is 2.69. The lowest BCUT2D eigenvalue weighted by Crippen LogP contribution is -2.35. The summed E-state index contributed by atoms with van der Waals surface area (Å²) in [5, 5.41) is 8.72. The van der Waals surface area contributed by atoms with E-state index >= 15 is 0 Å². The average molecular weight is 166 g/mol. The highest BCUT2D eigenvalue weighted by Gasteiger charge is 2.30. The van der Waals surface area contributed by atoms with Crippen LogP contribution in [0.15, 0.2) is 0 Å². The second-order valence-corrected chi connectivity index (χ2v) is 3.62. The highest BCUT2D eigenvalue weighted by Crippen LogP contribution is 2.18. The van der Waals surface area contributed by atoms with Gasteiger partial charge in [-0.05, 0) is 12.3 Å². The summed E-state index contributed by atoms with van der Waals surface area (Å²) in [6.07, 6.45) is 1.26. The first-order valence-corrected chi connectivity index (χ1v) is 4.34.